The molecule has 112 valence electrons. The zero-order valence-electron chi connectivity index (χ0n) is 10.9. The quantitative estimate of drug-likeness (QED) is 0.784. The number of nitrogens with two attached hydrogens (primary N) is 1. The highest BCUT2D eigenvalue weighted by Gasteiger charge is 2.30. The predicted molar refractivity (Wildman–Crippen MR) is 80.5 cm³/mol. The lowest BCUT2D eigenvalue weighted by atomic mass is 10.1. The van der Waals surface area contributed by atoms with Gasteiger partial charge in [-0.15, -0.1) is 11.8 Å². The Morgan fingerprint density at radius 2 is 1.76 bits per heavy atom. The van der Waals surface area contributed by atoms with Crippen molar-refractivity contribution in [3.05, 3.63) is 64.7 Å². The first-order chi connectivity index (χ1) is 9.86. The molecule has 0 fully saturated rings. The summed E-state index contributed by atoms with van der Waals surface area (Å²) < 4.78 is 37.4. The second-order valence-electron chi connectivity index (χ2n) is 4.49. The van der Waals surface area contributed by atoms with Gasteiger partial charge in [-0.3, -0.25) is 0 Å². The summed E-state index contributed by atoms with van der Waals surface area (Å²) in [4.78, 5) is 0.977. The predicted octanol–water partition coefficient (Wildman–Crippen LogP) is 5.15. The Kier molecular flexibility index (Phi) is 5.19. The zero-order chi connectivity index (χ0) is 15.5. The molecule has 0 amide bonds. The third-order valence-corrected chi connectivity index (χ3v) is 4.24. The molecule has 1 unspecified atom stereocenters. The van der Waals surface area contributed by atoms with Gasteiger partial charge in [0.05, 0.1) is 5.56 Å². The fourth-order valence-electron chi connectivity index (χ4n) is 1.76. The van der Waals surface area contributed by atoms with Crippen LogP contribution in [0.3, 0.4) is 0 Å². The van der Waals surface area contributed by atoms with Gasteiger partial charge in [-0.25, -0.2) is 0 Å². The van der Waals surface area contributed by atoms with Crippen LogP contribution < -0.4 is 5.73 Å². The number of hydrogen-bond donors (Lipinski definition) is 1. The summed E-state index contributed by atoms with van der Waals surface area (Å²) in [6.45, 7) is 0. The van der Waals surface area contributed by atoms with Crippen LogP contribution in [0.4, 0.5) is 13.2 Å². The van der Waals surface area contributed by atoms with Crippen molar-refractivity contribution in [3.8, 4) is 0 Å². The number of hydrogen-bond acceptors (Lipinski definition) is 2. The van der Waals surface area contributed by atoms with Crippen LogP contribution in [-0.2, 0) is 6.18 Å². The maximum Gasteiger partial charge on any atom is 0.416 e. The van der Waals surface area contributed by atoms with Crippen molar-refractivity contribution in [2.45, 2.75) is 17.1 Å². The molecule has 0 saturated heterocycles. The standard InChI is InChI=1S/C15H13ClF3NS/c16-12-2-1-3-13(8-12)21-9-14(20)10-4-6-11(7-5-10)15(17,18)19/h1-8,14H,9,20H2. The highest BCUT2D eigenvalue weighted by atomic mass is 35.5. The van der Waals surface area contributed by atoms with Gasteiger partial charge in [-0.2, -0.15) is 13.2 Å². The Bertz CT molecular complexity index is 599. The van der Waals surface area contributed by atoms with Crippen molar-refractivity contribution in [3.63, 3.8) is 0 Å². The van der Waals surface area contributed by atoms with Gasteiger partial charge in [0.15, 0.2) is 0 Å². The van der Waals surface area contributed by atoms with E-state index < -0.39 is 11.7 Å². The molecule has 0 saturated carbocycles. The topological polar surface area (TPSA) is 26.0 Å². The molecule has 0 aliphatic carbocycles. The van der Waals surface area contributed by atoms with Gasteiger partial charge < -0.3 is 5.73 Å². The summed E-state index contributed by atoms with van der Waals surface area (Å²) in [5.41, 5.74) is 6.02. The Morgan fingerprint density at radius 3 is 2.33 bits per heavy atom. The molecular formula is C15H13ClF3NS. The van der Waals surface area contributed by atoms with E-state index >= 15 is 0 Å². The number of rotatable bonds is 4. The fourth-order valence-corrected chi connectivity index (χ4v) is 2.96. The van der Waals surface area contributed by atoms with E-state index in [9.17, 15) is 13.2 Å². The van der Waals surface area contributed by atoms with Crippen molar-refractivity contribution >= 4 is 23.4 Å². The maximum atomic E-state index is 12.5. The number of alkyl halides is 3. The smallest absolute Gasteiger partial charge is 0.323 e. The highest BCUT2D eigenvalue weighted by Crippen LogP contribution is 2.30. The van der Waals surface area contributed by atoms with Crippen LogP contribution in [0.25, 0.3) is 0 Å². The van der Waals surface area contributed by atoms with Crippen molar-refractivity contribution < 1.29 is 13.2 Å². The summed E-state index contributed by atoms with van der Waals surface area (Å²) in [6.07, 6.45) is -4.32. The lowest BCUT2D eigenvalue weighted by Crippen LogP contribution is -2.13. The third kappa shape index (κ3) is 4.66. The van der Waals surface area contributed by atoms with Crippen LogP contribution in [0, 0.1) is 0 Å². The van der Waals surface area contributed by atoms with Crippen molar-refractivity contribution in [2.75, 3.05) is 5.75 Å². The molecule has 1 atom stereocenters. The van der Waals surface area contributed by atoms with Crippen LogP contribution in [0.1, 0.15) is 17.2 Å². The molecule has 6 heteroatoms. The van der Waals surface area contributed by atoms with Gasteiger partial charge in [-0.05, 0) is 35.9 Å². The molecule has 0 spiro atoms. The lowest BCUT2D eigenvalue weighted by Gasteiger charge is -2.13. The average molecular weight is 332 g/mol. The molecule has 21 heavy (non-hydrogen) atoms. The molecule has 1 nitrogen and oxygen atoms in total. The van der Waals surface area contributed by atoms with E-state index in [1.54, 1.807) is 6.07 Å². The summed E-state index contributed by atoms with van der Waals surface area (Å²) in [6, 6.07) is 12.0. The minimum atomic E-state index is -4.32. The van der Waals surface area contributed by atoms with E-state index in [0.717, 1.165) is 17.0 Å². The first-order valence-electron chi connectivity index (χ1n) is 6.17. The van der Waals surface area contributed by atoms with E-state index in [-0.39, 0.29) is 6.04 Å². The molecule has 0 aromatic heterocycles. The molecule has 0 bridgehead atoms. The van der Waals surface area contributed by atoms with Crippen molar-refractivity contribution in [1.82, 2.24) is 0 Å². The Balaban J connectivity index is 1.99. The largest absolute Gasteiger partial charge is 0.416 e. The number of thioether (sulfide) groups is 1. The van der Waals surface area contributed by atoms with Gasteiger partial charge >= 0.3 is 6.18 Å². The normalized spacial score (nSPS) is 13.2. The zero-order valence-corrected chi connectivity index (χ0v) is 12.5. The van der Waals surface area contributed by atoms with Crippen molar-refractivity contribution in [2.24, 2.45) is 5.73 Å². The van der Waals surface area contributed by atoms with Crippen molar-refractivity contribution in [1.29, 1.82) is 0 Å². The maximum absolute atomic E-state index is 12.5. The minimum absolute atomic E-state index is 0.337. The van der Waals surface area contributed by atoms with Crippen LogP contribution in [0.2, 0.25) is 5.02 Å². The third-order valence-electron chi connectivity index (χ3n) is 2.89. The molecule has 0 radical (unpaired) electrons. The monoisotopic (exact) mass is 331 g/mol. The molecular weight excluding hydrogens is 319 g/mol. The minimum Gasteiger partial charge on any atom is -0.323 e. The molecule has 2 rings (SSSR count). The summed E-state index contributed by atoms with van der Waals surface area (Å²) >= 11 is 7.40. The van der Waals surface area contributed by atoms with Crippen LogP contribution in [-0.4, -0.2) is 5.75 Å². The Morgan fingerprint density at radius 1 is 1.10 bits per heavy atom. The molecule has 2 aromatic carbocycles. The van der Waals surface area contributed by atoms with E-state index in [1.165, 1.54) is 23.9 Å². The first-order valence-corrected chi connectivity index (χ1v) is 7.54. The van der Waals surface area contributed by atoms with Gasteiger partial charge in [0.2, 0.25) is 0 Å². The van der Waals surface area contributed by atoms with Crippen LogP contribution >= 0.6 is 23.4 Å². The number of halogens is 4. The van der Waals surface area contributed by atoms with E-state index in [1.807, 2.05) is 18.2 Å². The summed E-state index contributed by atoms with van der Waals surface area (Å²) in [7, 11) is 0. The van der Waals surface area contributed by atoms with Crippen LogP contribution in [0.15, 0.2) is 53.4 Å². The summed E-state index contributed by atoms with van der Waals surface area (Å²) in [5.74, 6) is 0.561. The fraction of sp³-hybridized carbons (Fsp3) is 0.200. The van der Waals surface area contributed by atoms with Gasteiger partial charge in [0.1, 0.15) is 0 Å². The Hall–Kier alpha value is -1.17. The lowest BCUT2D eigenvalue weighted by molar-refractivity contribution is -0.137. The summed E-state index contributed by atoms with van der Waals surface area (Å²) in [5, 5.41) is 0.642. The van der Waals surface area contributed by atoms with E-state index in [0.29, 0.717) is 16.3 Å². The van der Waals surface area contributed by atoms with E-state index in [2.05, 4.69) is 0 Å². The molecule has 2 N–H and O–H groups in total. The SMILES string of the molecule is NC(CSc1cccc(Cl)c1)c1ccc(C(F)(F)F)cc1. The van der Waals surface area contributed by atoms with Crippen LogP contribution in [0.5, 0.6) is 0 Å². The van der Waals surface area contributed by atoms with Gasteiger partial charge in [-0.1, -0.05) is 29.8 Å². The van der Waals surface area contributed by atoms with Gasteiger partial charge in [0, 0.05) is 21.7 Å². The van der Waals surface area contributed by atoms with E-state index in [4.69, 9.17) is 17.3 Å². The highest BCUT2D eigenvalue weighted by molar-refractivity contribution is 7.99. The molecule has 0 heterocycles. The molecule has 0 aliphatic rings. The molecule has 0 aliphatic heterocycles. The second kappa shape index (κ2) is 6.73. The Labute approximate surface area is 130 Å². The molecule has 2 aromatic rings. The average Bonchev–Trinajstić information content (AvgIpc) is 2.44. The second-order valence-corrected chi connectivity index (χ2v) is 6.02. The number of benzene rings is 2. The van der Waals surface area contributed by atoms with Gasteiger partial charge in [0.25, 0.3) is 0 Å². The first kappa shape index (κ1) is 16.2.